The summed E-state index contributed by atoms with van der Waals surface area (Å²) in [5, 5.41) is 0. The van der Waals surface area contributed by atoms with Crippen LogP contribution in [0, 0.1) is 5.82 Å². The largest absolute Gasteiger partial charge is 0.335 e. The summed E-state index contributed by atoms with van der Waals surface area (Å²) in [6, 6.07) is 6.69. The summed E-state index contributed by atoms with van der Waals surface area (Å²) in [5.41, 5.74) is 6.45. The predicted molar refractivity (Wildman–Crippen MR) is 72.9 cm³/mol. The van der Waals surface area contributed by atoms with Crippen LogP contribution in [0.5, 0.6) is 0 Å². The van der Waals surface area contributed by atoms with Gasteiger partial charge in [0.2, 0.25) is 5.91 Å². The Morgan fingerprint density at radius 3 is 2.47 bits per heavy atom. The molecule has 1 aliphatic rings. The molecular formula is C15H21FN2O. The van der Waals surface area contributed by atoms with Crippen LogP contribution in [0.4, 0.5) is 4.39 Å². The van der Waals surface area contributed by atoms with E-state index in [2.05, 4.69) is 0 Å². The molecule has 1 amide bonds. The van der Waals surface area contributed by atoms with Gasteiger partial charge in [0, 0.05) is 25.6 Å². The summed E-state index contributed by atoms with van der Waals surface area (Å²) >= 11 is 0. The Morgan fingerprint density at radius 2 is 1.89 bits per heavy atom. The van der Waals surface area contributed by atoms with E-state index in [9.17, 15) is 9.18 Å². The molecule has 0 aromatic heterocycles. The van der Waals surface area contributed by atoms with Gasteiger partial charge in [-0.1, -0.05) is 25.0 Å². The molecule has 1 aromatic rings. The van der Waals surface area contributed by atoms with Crippen LogP contribution in [-0.2, 0) is 11.3 Å². The maximum atomic E-state index is 12.9. The molecular weight excluding hydrogens is 243 g/mol. The number of amides is 1. The Morgan fingerprint density at radius 1 is 1.26 bits per heavy atom. The number of nitrogens with zero attached hydrogens (tertiary/aromatic N) is 1. The number of hydrogen-bond acceptors (Lipinski definition) is 2. The second kappa shape index (κ2) is 6.66. The fourth-order valence-corrected chi connectivity index (χ4v) is 2.69. The molecule has 2 rings (SSSR count). The number of rotatable bonds is 5. The van der Waals surface area contributed by atoms with Crippen molar-refractivity contribution < 1.29 is 9.18 Å². The maximum absolute atomic E-state index is 12.9. The smallest absolute Gasteiger partial charge is 0.224 e. The molecule has 1 fully saturated rings. The van der Waals surface area contributed by atoms with Gasteiger partial charge in [0.25, 0.3) is 0 Å². The van der Waals surface area contributed by atoms with Gasteiger partial charge in [-0.2, -0.15) is 0 Å². The van der Waals surface area contributed by atoms with Crippen LogP contribution in [0.3, 0.4) is 0 Å². The van der Waals surface area contributed by atoms with Crippen molar-refractivity contribution in [2.45, 2.75) is 44.7 Å². The standard InChI is InChI=1S/C15H21FN2O/c16-13-7-5-12(6-8-13)11-18(15(19)9-10-17)14-3-1-2-4-14/h5-8,14H,1-4,9-11,17H2. The second-order valence-corrected chi connectivity index (χ2v) is 5.13. The van der Waals surface area contributed by atoms with Crippen LogP contribution in [0.2, 0.25) is 0 Å². The van der Waals surface area contributed by atoms with Crippen molar-refractivity contribution >= 4 is 5.91 Å². The van der Waals surface area contributed by atoms with Gasteiger partial charge in [-0.25, -0.2) is 4.39 Å². The zero-order valence-corrected chi connectivity index (χ0v) is 11.1. The summed E-state index contributed by atoms with van der Waals surface area (Å²) in [6.45, 7) is 0.940. The average Bonchev–Trinajstić information content (AvgIpc) is 2.92. The van der Waals surface area contributed by atoms with E-state index >= 15 is 0 Å². The number of hydrogen-bond donors (Lipinski definition) is 1. The van der Waals surface area contributed by atoms with Crippen LogP contribution >= 0.6 is 0 Å². The molecule has 0 spiro atoms. The quantitative estimate of drug-likeness (QED) is 0.888. The molecule has 19 heavy (non-hydrogen) atoms. The molecule has 3 nitrogen and oxygen atoms in total. The first-order chi connectivity index (χ1) is 9.20. The maximum Gasteiger partial charge on any atom is 0.224 e. The normalized spacial score (nSPS) is 15.7. The van der Waals surface area contributed by atoms with Crippen LogP contribution in [0.25, 0.3) is 0 Å². The Kier molecular flexibility index (Phi) is 4.91. The molecule has 1 saturated carbocycles. The van der Waals surface area contributed by atoms with E-state index in [0.29, 0.717) is 25.6 Å². The second-order valence-electron chi connectivity index (χ2n) is 5.13. The Balaban J connectivity index is 2.08. The fraction of sp³-hybridized carbons (Fsp3) is 0.533. The Hall–Kier alpha value is -1.42. The number of carbonyl (C=O) groups is 1. The van der Waals surface area contributed by atoms with Crippen LogP contribution in [0.15, 0.2) is 24.3 Å². The van der Waals surface area contributed by atoms with E-state index in [1.807, 2.05) is 4.90 Å². The molecule has 0 heterocycles. The lowest BCUT2D eigenvalue weighted by molar-refractivity contribution is -0.133. The van der Waals surface area contributed by atoms with Gasteiger partial charge in [0.05, 0.1) is 0 Å². The summed E-state index contributed by atoms with van der Waals surface area (Å²) in [7, 11) is 0. The van der Waals surface area contributed by atoms with E-state index in [1.54, 1.807) is 12.1 Å². The molecule has 1 aromatic carbocycles. The van der Waals surface area contributed by atoms with E-state index in [1.165, 1.54) is 25.0 Å². The third kappa shape index (κ3) is 3.77. The highest BCUT2D eigenvalue weighted by molar-refractivity contribution is 5.76. The molecule has 2 N–H and O–H groups in total. The zero-order valence-electron chi connectivity index (χ0n) is 11.1. The lowest BCUT2D eigenvalue weighted by Crippen LogP contribution is -2.39. The van der Waals surface area contributed by atoms with Crippen molar-refractivity contribution in [3.05, 3.63) is 35.6 Å². The van der Waals surface area contributed by atoms with Crippen molar-refractivity contribution in [3.63, 3.8) is 0 Å². The molecule has 104 valence electrons. The minimum absolute atomic E-state index is 0.110. The number of nitrogens with two attached hydrogens (primary N) is 1. The lowest BCUT2D eigenvalue weighted by Gasteiger charge is -2.29. The number of carbonyl (C=O) groups excluding carboxylic acids is 1. The fourth-order valence-electron chi connectivity index (χ4n) is 2.69. The van der Waals surface area contributed by atoms with E-state index in [4.69, 9.17) is 5.73 Å². The van der Waals surface area contributed by atoms with Crippen LogP contribution in [-0.4, -0.2) is 23.4 Å². The van der Waals surface area contributed by atoms with Gasteiger partial charge in [0.15, 0.2) is 0 Å². The van der Waals surface area contributed by atoms with Gasteiger partial charge in [-0.3, -0.25) is 4.79 Å². The number of halogens is 1. The van der Waals surface area contributed by atoms with Crippen molar-refractivity contribution in [3.8, 4) is 0 Å². The monoisotopic (exact) mass is 264 g/mol. The van der Waals surface area contributed by atoms with E-state index < -0.39 is 0 Å². The van der Waals surface area contributed by atoms with E-state index in [0.717, 1.165) is 18.4 Å². The first-order valence-corrected chi connectivity index (χ1v) is 6.94. The predicted octanol–water partition coefficient (Wildman–Crippen LogP) is 2.45. The molecule has 4 heteroatoms. The van der Waals surface area contributed by atoms with Crippen LogP contribution < -0.4 is 5.73 Å². The SMILES string of the molecule is NCCC(=O)N(Cc1ccc(F)cc1)C1CCCC1. The van der Waals surface area contributed by atoms with Gasteiger partial charge in [-0.15, -0.1) is 0 Å². The summed E-state index contributed by atoms with van der Waals surface area (Å²) in [6.07, 6.45) is 4.88. The van der Waals surface area contributed by atoms with Gasteiger partial charge in [-0.05, 0) is 30.5 Å². The zero-order chi connectivity index (χ0) is 13.7. The molecule has 0 bridgehead atoms. The Labute approximate surface area is 113 Å². The first kappa shape index (κ1) is 14.0. The van der Waals surface area contributed by atoms with Gasteiger partial charge < -0.3 is 10.6 Å². The third-order valence-corrected chi connectivity index (χ3v) is 3.71. The van der Waals surface area contributed by atoms with Crippen molar-refractivity contribution in [1.82, 2.24) is 4.90 Å². The molecule has 0 radical (unpaired) electrons. The van der Waals surface area contributed by atoms with Crippen molar-refractivity contribution in [2.75, 3.05) is 6.54 Å². The third-order valence-electron chi connectivity index (χ3n) is 3.71. The van der Waals surface area contributed by atoms with E-state index in [-0.39, 0.29) is 11.7 Å². The van der Waals surface area contributed by atoms with Crippen molar-refractivity contribution in [2.24, 2.45) is 5.73 Å². The summed E-state index contributed by atoms with van der Waals surface area (Å²) in [5.74, 6) is -0.136. The molecule has 0 unspecified atom stereocenters. The Bertz CT molecular complexity index is 413. The highest BCUT2D eigenvalue weighted by Crippen LogP contribution is 2.25. The lowest BCUT2D eigenvalue weighted by atomic mass is 10.1. The summed E-state index contributed by atoms with van der Waals surface area (Å²) in [4.78, 5) is 14.1. The van der Waals surface area contributed by atoms with Gasteiger partial charge in [0.1, 0.15) is 5.82 Å². The molecule has 1 aliphatic carbocycles. The molecule has 0 atom stereocenters. The minimum atomic E-state index is -0.246. The van der Waals surface area contributed by atoms with Gasteiger partial charge >= 0.3 is 0 Å². The average molecular weight is 264 g/mol. The van der Waals surface area contributed by atoms with Crippen molar-refractivity contribution in [1.29, 1.82) is 0 Å². The molecule has 0 aliphatic heterocycles. The molecule has 0 saturated heterocycles. The minimum Gasteiger partial charge on any atom is -0.335 e. The number of benzene rings is 1. The summed E-state index contributed by atoms with van der Waals surface area (Å²) < 4.78 is 12.9. The highest BCUT2D eigenvalue weighted by atomic mass is 19.1. The first-order valence-electron chi connectivity index (χ1n) is 6.94. The topological polar surface area (TPSA) is 46.3 Å². The highest BCUT2D eigenvalue weighted by Gasteiger charge is 2.26. The van der Waals surface area contributed by atoms with Crippen LogP contribution in [0.1, 0.15) is 37.7 Å².